The fraction of sp³-hybridized carbons (Fsp3) is 0.333. The Morgan fingerprint density at radius 3 is 1.37 bits per heavy atom. The van der Waals surface area contributed by atoms with Crippen molar-refractivity contribution in [1.82, 2.24) is 14.0 Å². The predicted molar refractivity (Wildman–Crippen MR) is 115 cm³/mol. The maximum Gasteiger partial charge on any atom is 0.268 e. The van der Waals surface area contributed by atoms with Crippen molar-refractivity contribution in [3.05, 3.63) is 60.7 Å². The summed E-state index contributed by atoms with van der Waals surface area (Å²) in [4.78, 5) is 8.85. The van der Waals surface area contributed by atoms with Crippen LogP contribution < -0.4 is 10.6 Å². The van der Waals surface area contributed by atoms with Gasteiger partial charge in [-0.3, -0.25) is 18.6 Å². The van der Waals surface area contributed by atoms with E-state index in [0.717, 1.165) is 0 Å². The minimum Gasteiger partial charge on any atom is -0.286 e. The third-order valence-corrected chi connectivity index (χ3v) is 10.0. The van der Waals surface area contributed by atoms with Gasteiger partial charge in [0.1, 0.15) is 0 Å². The molecular weight excluding hydrogens is 378 g/mol. The van der Waals surface area contributed by atoms with Gasteiger partial charge < -0.3 is 0 Å². The molecule has 9 heteroatoms. The zero-order chi connectivity index (χ0) is 20.1. The predicted octanol–water partition coefficient (Wildman–Crippen LogP) is 3.91. The van der Waals surface area contributed by atoms with Crippen molar-refractivity contribution in [3.8, 4) is 0 Å². The molecule has 0 saturated heterocycles. The lowest BCUT2D eigenvalue weighted by Gasteiger charge is -2.39. The summed E-state index contributed by atoms with van der Waals surface area (Å²) in [6.45, 7) is 0. The van der Waals surface area contributed by atoms with Crippen LogP contribution in [0.3, 0.4) is 0 Å². The smallest absolute Gasteiger partial charge is 0.268 e. The first-order valence-electron chi connectivity index (χ1n) is 8.53. The van der Waals surface area contributed by atoms with Crippen molar-refractivity contribution < 1.29 is 4.57 Å². The minimum atomic E-state index is -3.27. The molecular formula is C18H28N6OP2. The van der Waals surface area contributed by atoms with Crippen LogP contribution in [0.2, 0.25) is 0 Å². The summed E-state index contributed by atoms with van der Waals surface area (Å²) in [5, 5.41) is 5.42. The molecule has 7 nitrogen and oxygen atoms in total. The van der Waals surface area contributed by atoms with Gasteiger partial charge in [-0.15, -0.1) is 4.85 Å². The fourth-order valence-corrected chi connectivity index (χ4v) is 7.60. The summed E-state index contributed by atoms with van der Waals surface area (Å²) < 4.78 is 20.0. The van der Waals surface area contributed by atoms with Gasteiger partial charge in [0.25, 0.3) is 7.29 Å². The Morgan fingerprint density at radius 2 is 1.04 bits per heavy atom. The highest BCUT2D eigenvalue weighted by Gasteiger charge is 2.30. The Hall–Kier alpha value is -1.62. The van der Waals surface area contributed by atoms with Crippen molar-refractivity contribution in [1.29, 1.82) is 0 Å². The molecule has 0 saturated carbocycles. The molecule has 0 aromatic heterocycles. The highest BCUT2D eigenvalue weighted by Crippen LogP contribution is 2.55. The third-order valence-electron chi connectivity index (χ3n) is 4.15. The summed E-state index contributed by atoms with van der Waals surface area (Å²) in [6.07, 6.45) is 0. The molecule has 0 aliphatic carbocycles. The highest BCUT2D eigenvalue weighted by atomic mass is 31.2. The Kier molecular flexibility index (Phi) is 7.26. The van der Waals surface area contributed by atoms with Gasteiger partial charge in [-0.2, -0.15) is 0 Å². The second kappa shape index (κ2) is 9.05. The van der Waals surface area contributed by atoms with E-state index in [-0.39, 0.29) is 0 Å². The Morgan fingerprint density at radius 1 is 0.667 bits per heavy atom. The molecule has 0 bridgehead atoms. The first-order valence-corrected chi connectivity index (χ1v) is 11.8. The minimum absolute atomic E-state index is 0.638. The van der Waals surface area contributed by atoms with Crippen LogP contribution in [0.4, 0.5) is 0 Å². The van der Waals surface area contributed by atoms with E-state index in [2.05, 4.69) is 15.0 Å². The van der Waals surface area contributed by atoms with E-state index in [1.54, 1.807) is 0 Å². The summed E-state index contributed by atoms with van der Waals surface area (Å²) in [6, 6.07) is 18.5. The molecule has 0 atom stereocenters. The SMILES string of the molecule is CN(C)P(=NN=NP(=O)(c1ccccc1)c1ccccc1)(N(C)C)N(C)C. The van der Waals surface area contributed by atoms with Crippen LogP contribution in [-0.2, 0) is 4.57 Å². The van der Waals surface area contributed by atoms with Gasteiger partial charge in [0.2, 0.25) is 0 Å². The summed E-state index contributed by atoms with van der Waals surface area (Å²) >= 11 is 0. The zero-order valence-corrected chi connectivity index (χ0v) is 18.5. The normalized spacial score (nSPS) is 13.1. The molecule has 2 rings (SSSR count). The van der Waals surface area contributed by atoms with Crippen LogP contribution in [0.25, 0.3) is 0 Å². The van der Waals surface area contributed by atoms with Gasteiger partial charge in [-0.1, -0.05) is 41.3 Å². The first kappa shape index (κ1) is 21.7. The van der Waals surface area contributed by atoms with Crippen molar-refractivity contribution in [2.45, 2.75) is 0 Å². The lowest BCUT2D eigenvalue weighted by Crippen LogP contribution is -2.30. The summed E-state index contributed by atoms with van der Waals surface area (Å²) in [5.74, 6) is 0. The molecule has 0 spiro atoms. The number of benzene rings is 2. The van der Waals surface area contributed by atoms with E-state index < -0.39 is 14.8 Å². The summed E-state index contributed by atoms with van der Waals surface area (Å²) in [7, 11) is 6.24. The van der Waals surface area contributed by atoms with E-state index in [1.165, 1.54) is 0 Å². The molecule has 0 aliphatic heterocycles. The van der Waals surface area contributed by atoms with Crippen molar-refractivity contribution >= 4 is 25.4 Å². The molecule has 0 radical (unpaired) electrons. The van der Waals surface area contributed by atoms with Crippen molar-refractivity contribution in [2.75, 3.05) is 42.3 Å². The maximum atomic E-state index is 13.9. The fourth-order valence-electron chi connectivity index (χ4n) is 2.95. The van der Waals surface area contributed by atoms with Crippen molar-refractivity contribution in [3.63, 3.8) is 0 Å². The molecule has 0 fully saturated rings. The first-order chi connectivity index (χ1) is 12.7. The van der Waals surface area contributed by atoms with Crippen LogP contribution in [0.1, 0.15) is 0 Å². The Labute approximate surface area is 162 Å². The Bertz CT molecular complexity index is 794. The topological polar surface area (TPSA) is 63.9 Å². The van der Waals surface area contributed by atoms with E-state index in [0.29, 0.717) is 10.6 Å². The van der Waals surface area contributed by atoms with Crippen molar-refractivity contribution in [2.24, 2.45) is 15.0 Å². The maximum absolute atomic E-state index is 13.9. The molecule has 2 aromatic rings. The summed E-state index contributed by atoms with van der Waals surface area (Å²) in [5.41, 5.74) is 0. The van der Waals surface area contributed by atoms with Gasteiger partial charge in [0, 0.05) is 10.6 Å². The highest BCUT2D eigenvalue weighted by molar-refractivity contribution is 7.77. The van der Waals surface area contributed by atoms with Gasteiger partial charge in [0.15, 0.2) is 7.51 Å². The lowest BCUT2D eigenvalue weighted by atomic mass is 10.4. The quantitative estimate of drug-likeness (QED) is 0.397. The molecule has 0 aliphatic rings. The monoisotopic (exact) mass is 406 g/mol. The van der Waals surface area contributed by atoms with E-state index in [1.807, 2.05) is 117 Å². The average molecular weight is 406 g/mol. The zero-order valence-electron chi connectivity index (χ0n) is 16.8. The molecule has 0 heterocycles. The second-order valence-corrected chi connectivity index (χ2v) is 12.6. The van der Waals surface area contributed by atoms with E-state index in [9.17, 15) is 4.57 Å². The molecule has 0 unspecified atom stereocenters. The number of nitrogens with zero attached hydrogens (tertiary/aromatic N) is 6. The lowest BCUT2D eigenvalue weighted by molar-refractivity contribution is 0.471. The van der Waals surface area contributed by atoms with Crippen LogP contribution in [-0.4, -0.2) is 56.3 Å². The van der Waals surface area contributed by atoms with Gasteiger partial charge in [0.05, 0.1) is 0 Å². The molecule has 27 heavy (non-hydrogen) atoms. The standard InChI is InChI=1S/C18H28N6OP2/c1-22(2)27(23(3)4,24(5)6)21-19-20-26(25,17-13-9-7-10-14-17)18-15-11-8-12-16-18/h7-16H,1-6H3. The van der Waals surface area contributed by atoms with Gasteiger partial charge >= 0.3 is 0 Å². The van der Waals surface area contributed by atoms with Gasteiger partial charge in [-0.25, -0.2) is 0 Å². The molecule has 0 amide bonds. The molecule has 2 aromatic carbocycles. The molecule has 0 N–H and O–H groups in total. The van der Waals surface area contributed by atoms with E-state index >= 15 is 0 Å². The largest absolute Gasteiger partial charge is 0.286 e. The Balaban J connectivity index is 2.61. The van der Waals surface area contributed by atoms with E-state index in [4.69, 9.17) is 0 Å². The molecule has 146 valence electrons. The third kappa shape index (κ3) is 4.45. The average Bonchev–Trinajstić information content (AvgIpc) is 2.65. The van der Waals surface area contributed by atoms with Crippen LogP contribution in [0.15, 0.2) is 75.6 Å². The second-order valence-electron chi connectivity index (χ2n) is 6.59. The number of hydrogen-bond donors (Lipinski definition) is 0. The number of hydrogen-bond acceptors (Lipinski definition) is 1. The number of rotatable bonds is 7. The van der Waals surface area contributed by atoms with Crippen LogP contribution in [0, 0.1) is 0 Å². The van der Waals surface area contributed by atoms with Crippen LogP contribution >= 0.6 is 14.8 Å². The van der Waals surface area contributed by atoms with Crippen LogP contribution in [0.5, 0.6) is 0 Å². The van der Waals surface area contributed by atoms with Gasteiger partial charge in [-0.05, 0) is 71.8 Å².